The molecule has 4 nitrogen and oxygen atoms in total. The minimum Gasteiger partial charge on any atom is -0.455 e. The van der Waals surface area contributed by atoms with Crippen molar-refractivity contribution in [2.75, 3.05) is 11.9 Å². The molecule has 0 spiro atoms. The Balaban J connectivity index is 1.67. The van der Waals surface area contributed by atoms with E-state index in [2.05, 4.69) is 10.6 Å². The molecular formula is C19H22N2O2. The summed E-state index contributed by atoms with van der Waals surface area (Å²) in [5, 5.41) is 6.31. The van der Waals surface area contributed by atoms with Crippen LogP contribution in [0.5, 0.6) is 11.5 Å². The van der Waals surface area contributed by atoms with E-state index in [1.165, 1.54) is 5.56 Å². The highest BCUT2D eigenvalue weighted by Crippen LogP contribution is 2.29. The van der Waals surface area contributed by atoms with Crippen LogP contribution in [0, 0.1) is 6.92 Å². The minimum absolute atomic E-state index is 0.0179. The zero-order valence-electron chi connectivity index (χ0n) is 13.3. The molecule has 1 aliphatic rings. The Hall–Kier alpha value is -2.33. The van der Waals surface area contributed by atoms with Gasteiger partial charge < -0.3 is 15.4 Å². The van der Waals surface area contributed by atoms with Crippen molar-refractivity contribution in [3.05, 3.63) is 54.1 Å². The second-order valence-electron chi connectivity index (χ2n) is 5.96. The molecule has 4 heteroatoms. The first-order valence-corrected chi connectivity index (χ1v) is 8.07. The van der Waals surface area contributed by atoms with Gasteiger partial charge in [-0.15, -0.1) is 0 Å². The third kappa shape index (κ3) is 4.33. The van der Waals surface area contributed by atoms with Crippen LogP contribution < -0.4 is 15.4 Å². The quantitative estimate of drug-likeness (QED) is 0.881. The lowest BCUT2D eigenvalue weighted by atomic mass is 10.1. The Morgan fingerprint density at radius 2 is 2.00 bits per heavy atom. The van der Waals surface area contributed by atoms with Crippen molar-refractivity contribution in [1.29, 1.82) is 0 Å². The van der Waals surface area contributed by atoms with Gasteiger partial charge in [-0.2, -0.15) is 0 Å². The van der Waals surface area contributed by atoms with Crippen molar-refractivity contribution in [3.63, 3.8) is 0 Å². The first-order valence-electron chi connectivity index (χ1n) is 8.07. The van der Waals surface area contributed by atoms with Gasteiger partial charge in [-0.25, -0.2) is 0 Å². The Morgan fingerprint density at radius 3 is 2.74 bits per heavy atom. The Bertz CT molecular complexity index is 661. The summed E-state index contributed by atoms with van der Waals surface area (Å²) in [5.74, 6) is 1.43. The first kappa shape index (κ1) is 15.6. The molecule has 1 heterocycles. The lowest BCUT2D eigenvalue weighted by molar-refractivity contribution is -0.116. The van der Waals surface area contributed by atoms with E-state index in [4.69, 9.17) is 4.74 Å². The molecule has 1 atom stereocenters. The van der Waals surface area contributed by atoms with Crippen LogP contribution in [0.1, 0.15) is 24.8 Å². The predicted octanol–water partition coefficient (Wildman–Crippen LogP) is 3.87. The highest BCUT2D eigenvalue weighted by molar-refractivity contribution is 5.92. The maximum absolute atomic E-state index is 12.2. The molecule has 3 rings (SSSR count). The number of hydrogen-bond donors (Lipinski definition) is 2. The molecule has 0 aliphatic carbocycles. The van der Waals surface area contributed by atoms with E-state index in [0.717, 1.165) is 25.1 Å². The van der Waals surface area contributed by atoms with Gasteiger partial charge in [-0.1, -0.05) is 29.8 Å². The summed E-state index contributed by atoms with van der Waals surface area (Å²) in [4.78, 5) is 12.2. The normalized spacial score (nSPS) is 17.0. The second-order valence-corrected chi connectivity index (χ2v) is 5.96. The fourth-order valence-corrected chi connectivity index (χ4v) is 2.75. The van der Waals surface area contributed by atoms with Crippen LogP contribution >= 0.6 is 0 Å². The zero-order valence-corrected chi connectivity index (χ0v) is 13.3. The molecule has 0 bridgehead atoms. The standard InChI is InChI=1S/C19H22N2O2/c1-14-8-10-16(11-9-14)23-18-7-3-2-6-17(18)21-19(22)13-15-5-4-12-20-15/h2-3,6-11,15,20H,4-5,12-13H2,1H3,(H,21,22). The molecule has 0 saturated carbocycles. The molecule has 1 fully saturated rings. The maximum Gasteiger partial charge on any atom is 0.226 e. The lowest BCUT2D eigenvalue weighted by Crippen LogP contribution is -2.27. The molecule has 1 amide bonds. The second kappa shape index (κ2) is 7.29. The highest BCUT2D eigenvalue weighted by Gasteiger charge is 2.18. The monoisotopic (exact) mass is 310 g/mol. The number of para-hydroxylation sites is 2. The van der Waals surface area contributed by atoms with Crippen LogP contribution in [0.25, 0.3) is 0 Å². The van der Waals surface area contributed by atoms with Crippen LogP contribution in [-0.4, -0.2) is 18.5 Å². The Kier molecular flexibility index (Phi) is 4.93. The van der Waals surface area contributed by atoms with Gasteiger partial charge in [-0.3, -0.25) is 4.79 Å². The van der Waals surface area contributed by atoms with E-state index in [-0.39, 0.29) is 5.91 Å². The van der Waals surface area contributed by atoms with Crippen LogP contribution in [0.3, 0.4) is 0 Å². The molecule has 23 heavy (non-hydrogen) atoms. The molecule has 1 saturated heterocycles. The van der Waals surface area contributed by atoms with Gasteiger partial charge >= 0.3 is 0 Å². The number of ether oxygens (including phenoxy) is 1. The molecule has 1 aliphatic heterocycles. The fourth-order valence-electron chi connectivity index (χ4n) is 2.75. The lowest BCUT2D eigenvalue weighted by Gasteiger charge is -2.14. The van der Waals surface area contributed by atoms with Crippen molar-refractivity contribution in [2.45, 2.75) is 32.2 Å². The molecule has 120 valence electrons. The van der Waals surface area contributed by atoms with Gasteiger partial charge in [-0.05, 0) is 50.6 Å². The number of anilines is 1. The highest BCUT2D eigenvalue weighted by atomic mass is 16.5. The van der Waals surface area contributed by atoms with Gasteiger partial charge in [0.2, 0.25) is 5.91 Å². The minimum atomic E-state index is 0.0179. The van der Waals surface area contributed by atoms with Crippen molar-refractivity contribution < 1.29 is 9.53 Å². The van der Waals surface area contributed by atoms with Crippen molar-refractivity contribution in [2.24, 2.45) is 0 Å². The summed E-state index contributed by atoms with van der Waals surface area (Å²) >= 11 is 0. The van der Waals surface area contributed by atoms with Gasteiger partial charge in [0.05, 0.1) is 5.69 Å². The zero-order chi connectivity index (χ0) is 16.1. The fraction of sp³-hybridized carbons (Fsp3) is 0.316. The average molecular weight is 310 g/mol. The number of carbonyl (C=O) groups excluding carboxylic acids is 1. The summed E-state index contributed by atoms with van der Waals surface area (Å²) in [5.41, 5.74) is 1.89. The summed E-state index contributed by atoms with van der Waals surface area (Å²) in [6.45, 7) is 3.04. The molecule has 1 unspecified atom stereocenters. The summed E-state index contributed by atoms with van der Waals surface area (Å²) in [6.07, 6.45) is 2.71. The topological polar surface area (TPSA) is 50.4 Å². The summed E-state index contributed by atoms with van der Waals surface area (Å²) < 4.78 is 5.91. The van der Waals surface area contributed by atoms with E-state index in [9.17, 15) is 4.79 Å². The third-order valence-electron chi connectivity index (χ3n) is 4.00. The third-order valence-corrected chi connectivity index (χ3v) is 4.00. The number of rotatable bonds is 5. The van der Waals surface area contributed by atoms with Crippen molar-refractivity contribution in [1.82, 2.24) is 5.32 Å². The van der Waals surface area contributed by atoms with E-state index < -0.39 is 0 Å². The molecule has 0 aromatic heterocycles. The van der Waals surface area contributed by atoms with E-state index in [1.807, 2.05) is 55.5 Å². The van der Waals surface area contributed by atoms with Gasteiger partial charge in [0.25, 0.3) is 0 Å². The maximum atomic E-state index is 12.2. The Labute approximate surface area is 136 Å². The van der Waals surface area contributed by atoms with Gasteiger partial charge in [0, 0.05) is 12.5 Å². The Morgan fingerprint density at radius 1 is 1.22 bits per heavy atom. The summed E-state index contributed by atoms with van der Waals surface area (Å²) in [7, 11) is 0. The number of carbonyl (C=O) groups is 1. The number of amides is 1. The summed E-state index contributed by atoms with van der Waals surface area (Å²) in [6, 6.07) is 15.7. The van der Waals surface area contributed by atoms with Crippen molar-refractivity contribution >= 4 is 11.6 Å². The van der Waals surface area contributed by atoms with E-state index in [1.54, 1.807) is 0 Å². The van der Waals surface area contributed by atoms with Crippen LogP contribution in [0.2, 0.25) is 0 Å². The van der Waals surface area contributed by atoms with Crippen LogP contribution in [0.4, 0.5) is 5.69 Å². The number of hydrogen-bond acceptors (Lipinski definition) is 3. The largest absolute Gasteiger partial charge is 0.455 e. The molecule has 2 aromatic rings. The van der Waals surface area contributed by atoms with Crippen molar-refractivity contribution in [3.8, 4) is 11.5 Å². The smallest absolute Gasteiger partial charge is 0.226 e. The van der Waals surface area contributed by atoms with Gasteiger partial charge in [0.15, 0.2) is 5.75 Å². The number of benzene rings is 2. The van der Waals surface area contributed by atoms with Crippen LogP contribution in [-0.2, 0) is 4.79 Å². The number of nitrogens with one attached hydrogen (secondary N) is 2. The predicted molar refractivity (Wildman–Crippen MR) is 92.0 cm³/mol. The van der Waals surface area contributed by atoms with Crippen LogP contribution in [0.15, 0.2) is 48.5 Å². The molecular weight excluding hydrogens is 288 g/mol. The first-order chi connectivity index (χ1) is 11.2. The van der Waals surface area contributed by atoms with E-state index in [0.29, 0.717) is 23.9 Å². The average Bonchev–Trinajstić information content (AvgIpc) is 3.04. The van der Waals surface area contributed by atoms with Gasteiger partial charge in [0.1, 0.15) is 5.75 Å². The number of aryl methyl sites for hydroxylation is 1. The SMILES string of the molecule is Cc1ccc(Oc2ccccc2NC(=O)CC2CCCN2)cc1. The van der Waals surface area contributed by atoms with E-state index >= 15 is 0 Å². The molecule has 2 N–H and O–H groups in total. The molecule has 2 aromatic carbocycles. The molecule has 0 radical (unpaired) electrons.